The molecule has 2 aromatic rings. The van der Waals surface area contributed by atoms with Crippen molar-refractivity contribution in [2.24, 2.45) is 5.92 Å². The van der Waals surface area contributed by atoms with Gasteiger partial charge in [-0.3, -0.25) is 0 Å². The molecule has 1 fully saturated rings. The Morgan fingerprint density at radius 1 is 1.28 bits per heavy atom. The van der Waals surface area contributed by atoms with E-state index in [-0.39, 0.29) is 5.92 Å². The van der Waals surface area contributed by atoms with E-state index in [2.05, 4.69) is 5.10 Å². The second-order valence-corrected chi connectivity index (χ2v) is 4.57. The molecule has 2 heterocycles. The minimum atomic E-state index is -0.518. The van der Waals surface area contributed by atoms with Crippen molar-refractivity contribution >= 4 is 0 Å². The molecule has 0 spiro atoms. The van der Waals surface area contributed by atoms with Gasteiger partial charge in [0, 0.05) is 18.7 Å². The van der Waals surface area contributed by atoms with Gasteiger partial charge >= 0.3 is 0 Å². The molecule has 0 aliphatic carbocycles. The summed E-state index contributed by atoms with van der Waals surface area (Å²) in [5.41, 5.74) is 1.80. The van der Waals surface area contributed by atoms with Crippen molar-refractivity contribution in [2.75, 3.05) is 13.2 Å². The van der Waals surface area contributed by atoms with E-state index in [1.165, 1.54) is 0 Å². The molecule has 3 rings (SSSR count). The van der Waals surface area contributed by atoms with Gasteiger partial charge in [0.25, 0.3) is 0 Å². The van der Waals surface area contributed by atoms with E-state index in [9.17, 15) is 5.11 Å². The summed E-state index contributed by atoms with van der Waals surface area (Å²) in [6.45, 7) is 1.36. The van der Waals surface area contributed by atoms with Crippen molar-refractivity contribution in [3.8, 4) is 5.69 Å². The van der Waals surface area contributed by atoms with E-state index in [1.807, 2.05) is 36.4 Å². The molecule has 1 aromatic carbocycles. The summed E-state index contributed by atoms with van der Waals surface area (Å²) in [7, 11) is 0. The second kappa shape index (κ2) is 4.92. The van der Waals surface area contributed by atoms with Crippen molar-refractivity contribution in [1.82, 2.24) is 9.78 Å². The van der Waals surface area contributed by atoms with Crippen LogP contribution in [0.15, 0.2) is 42.6 Å². The lowest BCUT2D eigenvalue weighted by Crippen LogP contribution is -2.16. The molecule has 2 unspecified atom stereocenters. The third kappa shape index (κ3) is 2.05. The molecular formula is C14H16N2O2. The van der Waals surface area contributed by atoms with Gasteiger partial charge in [0.1, 0.15) is 6.10 Å². The smallest absolute Gasteiger partial charge is 0.101 e. The highest BCUT2D eigenvalue weighted by atomic mass is 16.5. The van der Waals surface area contributed by atoms with Crippen LogP contribution in [0.3, 0.4) is 0 Å². The van der Waals surface area contributed by atoms with Crippen molar-refractivity contribution in [1.29, 1.82) is 0 Å². The Morgan fingerprint density at radius 3 is 2.83 bits per heavy atom. The number of benzene rings is 1. The molecular weight excluding hydrogens is 228 g/mol. The largest absolute Gasteiger partial charge is 0.386 e. The molecule has 94 valence electrons. The molecule has 0 radical (unpaired) electrons. The first-order valence-corrected chi connectivity index (χ1v) is 6.21. The van der Waals surface area contributed by atoms with Gasteiger partial charge in [0.05, 0.1) is 18.0 Å². The molecule has 1 aromatic heterocycles. The monoisotopic (exact) mass is 244 g/mol. The Morgan fingerprint density at radius 2 is 2.11 bits per heavy atom. The maximum atomic E-state index is 10.4. The zero-order chi connectivity index (χ0) is 12.4. The van der Waals surface area contributed by atoms with Crippen LogP contribution in [0.1, 0.15) is 18.2 Å². The van der Waals surface area contributed by atoms with Crippen LogP contribution in [0.25, 0.3) is 5.69 Å². The molecule has 1 N–H and O–H groups in total. The highest BCUT2D eigenvalue weighted by Gasteiger charge is 2.27. The Hall–Kier alpha value is -1.65. The lowest BCUT2D eigenvalue weighted by Gasteiger charge is -2.18. The highest BCUT2D eigenvalue weighted by molar-refractivity contribution is 5.32. The van der Waals surface area contributed by atoms with Crippen molar-refractivity contribution in [3.63, 3.8) is 0 Å². The van der Waals surface area contributed by atoms with Crippen molar-refractivity contribution in [2.45, 2.75) is 12.5 Å². The fourth-order valence-corrected chi connectivity index (χ4v) is 2.37. The van der Waals surface area contributed by atoms with Gasteiger partial charge in [-0.25, -0.2) is 4.68 Å². The zero-order valence-corrected chi connectivity index (χ0v) is 10.1. The molecule has 4 heteroatoms. The maximum Gasteiger partial charge on any atom is 0.101 e. The minimum Gasteiger partial charge on any atom is -0.386 e. The molecule has 2 atom stereocenters. The highest BCUT2D eigenvalue weighted by Crippen LogP contribution is 2.29. The van der Waals surface area contributed by atoms with Crippen LogP contribution in [0.5, 0.6) is 0 Å². The molecule has 1 saturated heterocycles. The third-order valence-electron chi connectivity index (χ3n) is 3.39. The third-order valence-corrected chi connectivity index (χ3v) is 3.39. The predicted octanol–water partition coefficient (Wildman–Crippen LogP) is 1.94. The SMILES string of the molecule is OC(c1ccnn1-c1ccccc1)C1CCOC1. The summed E-state index contributed by atoms with van der Waals surface area (Å²) in [4.78, 5) is 0. The van der Waals surface area contributed by atoms with Crippen molar-refractivity contribution in [3.05, 3.63) is 48.3 Å². The van der Waals surface area contributed by atoms with Gasteiger partial charge < -0.3 is 9.84 Å². The number of para-hydroxylation sites is 1. The number of ether oxygens (including phenoxy) is 1. The molecule has 4 nitrogen and oxygen atoms in total. The second-order valence-electron chi connectivity index (χ2n) is 4.57. The van der Waals surface area contributed by atoms with E-state index in [0.717, 1.165) is 24.4 Å². The zero-order valence-electron chi connectivity index (χ0n) is 10.1. The summed E-state index contributed by atoms with van der Waals surface area (Å²) in [6.07, 6.45) is 2.11. The van der Waals surface area contributed by atoms with Gasteiger partial charge in [-0.2, -0.15) is 5.10 Å². The molecule has 0 saturated carbocycles. The summed E-state index contributed by atoms with van der Waals surface area (Å²) in [5, 5.41) is 14.7. The van der Waals surface area contributed by atoms with Gasteiger partial charge in [0.2, 0.25) is 0 Å². The summed E-state index contributed by atoms with van der Waals surface area (Å²) >= 11 is 0. The average Bonchev–Trinajstić information content (AvgIpc) is 3.10. The first kappa shape index (κ1) is 11.4. The standard InChI is InChI=1S/C14H16N2O2/c17-14(11-7-9-18-10-11)13-6-8-15-16(13)12-4-2-1-3-5-12/h1-6,8,11,14,17H,7,9-10H2. The Labute approximate surface area is 106 Å². The van der Waals surface area contributed by atoms with Gasteiger partial charge in [-0.15, -0.1) is 0 Å². The molecule has 0 amide bonds. The fourth-order valence-electron chi connectivity index (χ4n) is 2.37. The number of hydrogen-bond donors (Lipinski definition) is 1. The van der Waals surface area contributed by atoms with Crippen LogP contribution in [0.2, 0.25) is 0 Å². The van der Waals surface area contributed by atoms with Crippen LogP contribution in [-0.2, 0) is 4.74 Å². The van der Waals surface area contributed by atoms with Gasteiger partial charge in [0.15, 0.2) is 0 Å². The Balaban J connectivity index is 1.91. The Bertz CT molecular complexity index is 504. The van der Waals surface area contributed by atoms with Crippen LogP contribution < -0.4 is 0 Å². The Kier molecular flexibility index (Phi) is 3.13. The number of aromatic nitrogens is 2. The lowest BCUT2D eigenvalue weighted by atomic mass is 9.99. The van der Waals surface area contributed by atoms with E-state index >= 15 is 0 Å². The van der Waals surface area contributed by atoms with Crippen LogP contribution in [0.4, 0.5) is 0 Å². The molecule has 1 aliphatic heterocycles. The summed E-state index contributed by atoms with van der Waals surface area (Å²) in [5.74, 6) is 0.171. The van der Waals surface area contributed by atoms with Crippen LogP contribution in [-0.4, -0.2) is 28.1 Å². The van der Waals surface area contributed by atoms with E-state index in [0.29, 0.717) is 6.61 Å². The fraction of sp³-hybridized carbons (Fsp3) is 0.357. The quantitative estimate of drug-likeness (QED) is 0.897. The van der Waals surface area contributed by atoms with Crippen molar-refractivity contribution < 1.29 is 9.84 Å². The first-order chi connectivity index (χ1) is 8.86. The number of nitrogens with zero attached hydrogens (tertiary/aromatic N) is 2. The summed E-state index contributed by atoms with van der Waals surface area (Å²) < 4.78 is 7.13. The van der Waals surface area contributed by atoms with Crippen LogP contribution >= 0.6 is 0 Å². The topological polar surface area (TPSA) is 47.3 Å². The summed E-state index contributed by atoms with van der Waals surface area (Å²) in [6, 6.07) is 11.7. The van der Waals surface area contributed by atoms with E-state index in [4.69, 9.17) is 4.74 Å². The number of rotatable bonds is 3. The van der Waals surface area contributed by atoms with Gasteiger partial charge in [-0.05, 0) is 24.6 Å². The first-order valence-electron chi connectivity index (χ1n) is 6.21. The average molecular weight is 244 g/mol. The number of hydrogen-bond acceptors (Lipinski definition) is 3. The maximum absolute atomic E-state index is 10.4. The molecule has 1 aliphatic rings. The van der Waals surface area contributed by atoms with Crippen LogP contribution in [0, 0.1) is 5.92 Å². The molecule has 0 bridgehead atoms. The molecule has 18 heavy (non-hydrogen) atoms. The number of aliphatic hydroxyl groups is 1. The lowest BCUT2D eigenvalue weighted by molar-refractivity contribution is 0.0866. The van der Waals surface area contributed by atoms with E-state index in [1.54, 1.807) is 10.9 Å². The normalized spacial score (nSPS) is 21.1. The van der Waals surface area contributed by atoms with Gasteiger partial charge in [-0.1, -0.05) is 18.2 Å². The minimum absolute atomic E-state index is 0.171. The van der Waals surface area contributed by atoms with E-state index < -0.39 is 6.10 Å². The number of aliphatic hydroxyl groups excluding tert-OH is 1. The predicted molar refractivity (Wildman–Crippen MR) is 67.4 cm³/mol.